The molecule has 0 unspecified atom stereocenters. The summed E-state index contributed by atoms with van der Waals surface area (Å²) in [4.78, 5) is 0. The molecular formula is C28H56N6O17. The Bertz CT molecular complexity index is 1060. The van der Waals surface area contributed by atoms with Gasteiger partial charge in [0.05, 0.1) is 38.0 Å². The topological polar surface area (TPSA) is 423 Å². The summed E-state index contributed by atoms with van der Waals surface area (Å²) >= 11 is 0. The first-order valence-electron chi connectivity index (χ1n) is 16.7. The molecule has 22 atom stereocenters. The molecule has 0 spiro atoms. The zero-order valence-electron chi connectivity index (χ0n) is 27.7. The Labute approximate surface area is 292 Å². The van der Waals surface area contributed by atoms with Gasteiger partial charge in [-0.2, -0.15) is 0 Å². The predicted octanol–water partition coefficient (Wildman–Crippen LogP) is -10.8. The SMILES string of the molecule is NC[C@@H]1O[C@H](O[C@H]2[C@@H](O)[C@H](O[C@@H]3[C@@H](O)[C@H](N)C[C@H](N)[C@H]3O[C@H]3O[C@H](CN)[C@@H](O)[C@H](O)[C@H]3N)O[C@@H]2CO)[C@H](N)[C@@H](O)[C@@H]1O.OC[C@H]1OC[C@H](O)[C@@H]1O. The smallest absolute Gasteiger partial charge is 0.187 e. The van der Waals surface area contributed by atoms with Crippen LogP contribution in [-0.2, 0) is 33.2 Å². The average molecular weight is 749 g/mol. The predicted molar refractivity (Wildman–Crippen MR) is 167 cm³/mol. The lowest BCUT2D eigenvalue weighted by atomic mass is 9.84. The van der Waals surface area contributed by atoms with Crippen LogP contribution in [0.15, 0.2) is 0 Å². The van der Waals surface area contributed by atoms with E-state index in [0.717, 1.165) is 0 Å². The van der Waals surface area contributed by atoms with E-state index in [-0.39, 0.29) is 32.7 Å². The quantitative estimate of drug-likeness (QED) is 0.0986. The van der Waals surface area contributed by atoms with Crippen molar-refractivity contribution >= 4 is 0 Å². The molecule has 5 fully saturated rings. The number of aliphatic hydroxyl groups is 10. The first-order chi connectivity index (χ1) is 24.1. The number of hydrogen-bond donors (Lipinski definition) is 16. The Kier molecular flexibility index (Phi) is 15.6. The molecule has 5 rings (SSSR count). The highest BCUT2D eigenvalue weighted by atomic mass is 16.8. The third kappa shape index (κ3) is 9.31. The Morgan fingerprint density at radius 1 is 0.490 bits per heavy atom. The van der Waals surface area contributed by atoms with E-state index in [1.54, 1.807) is 0 Å². The minimum Gasteiger partial charge on any atom is -0.394 e. The van der Waals surface area contributed by atoms with Gasteiger partial charge in [0.1, 0.15) is 85.5 Å². The van der Waals surface area contributed by atoms with E-state index in [1.807, 2.05) is 0 Å². The molecule has 0 aromatic carbocycles. The van der Waals surface area contributed by atoms with E-state index in [4.69, 9.17) is 82.9 Å². The van der Waals surface area contributed by atoms with E-state index in [1.165, 1.54) is 0 Å². The van der Waals surface area contributed by atoms with Crippen LogP contribution in [0.5, 0.6) is 0 Å². The molecule has 5 aliphatic rings. The molecule has 22 N–H and O–H groups in total. The third-order valence-corrected chi connectivity index (χ3v) is 9.81. The minimum atomic E-state index is -1.60. The van der Waals surface area contributed by atoms with Crippen LogP contribution in [0, 0.1) is 0 Å². The monoisotopic (exact) mass is 748 g/mol. The van der Waals surface area contributed by atoms with Crippen molar-refractivity contribution in [3.05, 3.63) is 0 Å². The molecule has 4 saturated heterocycles. The van der Waals surface area contributed by atoms with Crippen molar-refractivity contribution in [2.24, 2.45) is 34.4 Å². The maximum absolute atomic E-state index is 11.1. The van der Waals surface area contributed by atoms with Crippen molar-refractivity contribution in [1.82, 2.24) is 0 Å². The second kappa shape index (κ2) is 18.6. The Balaban J connectivity index is 0.000000563. The van der Waals surface area contributed by atoms with Crippen molar-refractivity contribution in [3.8, 4) is 0 Å². The summed E-state index contributed by atoms with van der Waals surface area (Å²) in [5.41, 5.74) is 35.6. The van der Waals surface area contributed by atoms with Gasteiger partial charge < -0.3 is 119 Å². The van der Waals surface area contributed by atoms with Gasteiger partial charge in [0.15, 0.2) is 18.9 Å². The second-order valence-electron chi connectivity index (χ2n) is 13.4. The highest BCUT2D eigenvalue weighted by Gasteiger charge is 2.54. The van der Waals surface area contributed by atoms with Gasteiger partial charge in [0.2, 0.25) is 0 Å². The van der Waals surface area contributed by atoms with Crippen molar-refractivity contribution in [1.29, 1.82) is 0 Å². The van der Waals surface area contributed by atoms with Gasteiger partial charge in [0, 0.05) is 25.2 Å². The number of nitrogens with two attached hydrogens (primary N) is 6. The summed E-state index contributed by atoms with van der Waals surface area (Å²) in [6.07, 6.45) is -22.1. The van der Waals surface area contributed by atoms with Crippen LogP contribution in [0.1, 0.15) is 6.42 Å². The highest BCUT2D eigenvalue weighted by Crippen LogP contribution is 2.34. The molecule has 0 aromatic heterocycles. The van der Waals surface area contributed by atoms with Gasteiger partial charge in [0.25, 0.3) is 0 Å². The zero-order valence-corrected chi connectivity index (χ0v) is 27.7. The van der Waals surface area contributed by atoms with Crippen LogP contribution in [0.4, 0.5) is 0 Å². The normalized spacial score (nSPS) is 52.0. The van der Waals surface area contributed by atoms with Crippen molar-refractivity contribution in [3.63, 3.8) is 0 Å². The van der Waals surface area contributed by atoms with E-state index >= 15 is 0 Å². The lowest BCUT2D eigenvalue weighted by molar-refractivity contribution is -0.306. The molecule has 4 aliphatic heterocycles. The first kappa shape index (κ1) is 42.8. The summed E-state index contributed by atoms with van der Waals surface area (Å²) in [5.74, 6) is 0. The van der Waals surface area contributed by atoms with Gasteiger partial charge in [-0.25, -0.2) is 0 Å². The molecule has 1 aliphatic carbocycles. The maximum Gasteiger partial charge on any atom is 0.187 e. The van der Waals surface area contributed by atoms with E-state index < -0.39 is 141 Å². The maximum atomic E-state index is 11.1. The van der Waals surface area contributed by atoms with Crippen LogP contribution in [-0.4, -0.2) is 219 Å². The van der Waals surface area contributed by atoms with Crippen LogP contribution >= 0.6 is 0 Å². The van der Waals surface area contributed by atoms with E-state index in [0.29, 0.717) is 0 Å². The number of ether oxygens (including phenoxy) is 7. The molecule has 1 saturated carbocycles. The summed E-state index contributed by atoms with van der Waals surface area (Å²) < 4.78 is 39.4. The fraction of sp³-hybridized carbons (Fsp3) is 1.00. The summed E-state index contributed by atoms with van der Waals surface area (Å²) in [6.45, 7) is -1.09. The first-order valence-corrected chi connectivity index (χ1v) is 16.7. The van der Waals surface area contributed by atoms with Gasteiger partial charge in [-0.3, -0.25) is 0 Å². The molecule has 4 heterocycles. The fourth-order valence-corrected chi connectivity index (χ4v) is 6.57. The summed E-state index contributed by atoms with van der Waals surface area (Å²) in [6, 6.07) is -4.18. The number of rotatable bonds is 10. The molecule has 0 aromatic rings. The van der Waals surface area contributed by atoms with Crippen molar-refractivity contribution < 1.29 is 84.2 Å². The van der Waals surface area contributed by atoms with Crippen LogP contribution in [0.3, 0.4) is 0 Å². The highest BCUT2D eigenvalue weighted by molar-refractivity contribution is 5.02. The van der Waals surface area contributed by atoms with E-state index in [2.05, 4.69) is 0 Å². The van der Waals surface area contributed by atoms with Gasteiger partial charge in [-0.15, -0.1) is 0 Å². The second-order valence-corrected chi connectivity index (χ2v) is 13.4. The molecule has 0 bridgehead atoms. The molecular weight excluding hydrogens is 692 g/mol. The zero-order chi connectivity index (χ0) is 37.9. The molecule has 300 valence electrons. The van der Waals surface area contributed by atoms with Crippen molar-refractivity contribution in [2.75, 3.05) is 32.9 Å². The van der Waals surface area contributed by atoms with Crippen LogP contribution in [0.25, 0.3) is 0 Å². The standard InChI is InChI=1S/C23H46N6O13.C5H10O4/c24-2-7-13(32)15(34)10(28)21(37-7)40-18-6(27)1-5(26)12(31)20(18)42-23-17(36)19(9(4-30)39-23)41-22-11(29)16(35)14(33)8(3-25)38-22;6-1-4-5(8)3(7)2-9-4/h5-23,30-36H,1-4,24-29H2;3-8H,1-2H2/t5-,6+,7-,8+,9-,10-,11-,12+,13-,14-,15-,16-,17-,18-,19-,20-,21-,22-,23+;3-,4+,5-/m10/s1. The third-order valence-electron chi connectivity index (χ3n) is 9.81. The minimum absolute atomic E-state index is 0.0889. The van der Waals surface area contributed by atoms with E-state index in [9.17, 15) is 35.7 Å². The largest absolute Gasteiger partial charge is 0.394 e. The fourth-order valence-electron chi connectivity index (χ4n) is 6.57. The lowest BCUT2D eigenvalue weighted by Crippen LogP contribution is -2.68. The summed E-state index contributed by atoms with van der Waals surface area (Å²) in [5, 5.41) is 99.2. The Morgan fingerprint density at radius 3 is 1.39 bits per heavy atom. The Morgan fingerprint density at radius 2 is 0.961 bits per heavy atom. The summed E-state index contributed by atoms with van der Waals surface area (Å²) in [7, 11) is 0. The van der Waals surface area contributed by atoms with Gasteiger partial charge in [-0.1, -0.05) is 0 Å². The molecule has 23 heteroatoms. The molecule has 23 nitrogen and oxygen atoms in total. The Hall–Kier alpha value is -0.920. The average Bonchev–Trinajstić information content (AvgIpc) is 3.60. The van der Waals surface area contributed by atoms with Gasteiger partial charge in [-0.05, 0) is 6.42 Å². The van der Waals surface area contributed by atoms with Crippen LogP contribution < -0.4 is 34.4 Å². The van der Waals surface area contributed by atoms with Gasteiger partial charge >= 0.3 is 0 Å². The van der Waals surface area contributed by atoms with Crippen molar-refractivity contribution in [2.45, 2.75) is 141 Å². The molecule has 51 heavy (non-hydrogen) atoms. The number of hydrogen-bond acceptors (Lipinski definition) is 23. The lowest BCUT2D eigenvalue weighted by Gasteiger charge is -2.47. The molecule has 0 radical (unpaired) electrons. The van der Waals surface area contributed by atoms with Crippen LogP contribution in [0.2, 0.25) is 0 Å². The molecule has 0 amide bonds. The number of aliphatic hydroxyl groups excluding tert-OH is 10.